The Morgan fingerprint density at radius 1 is 0.857 bits per heavy atom. The number of hydrogen-bond donors (Lipinski definition) is 0. The van der Waals surface area contributed by atoms with Gasteiger partial charge in [0, 0.05) is 5.54 Å². The minimum absolute atomic E-state index is 0. The molecule has 0 aromatic heterocycles. The van der Waals surface area contributed by atoms with Crippen LogP contribution in [0.5, 0.6) is 0 Å². The van der Waals surface area contributed by atoms with Crippen molar-refractivity contribution < 1.29 is 22.4 Å². The van der Waals surface area contributed by atoms with Gasteiger partial charge in [0.2, 0.25) is 0 Å². The molecule has 2 nitrogen and oxygen atoms in total. The summed E-state index contributed by atoms with van der Waals surface area (Å²) in [5.74, 6) is 0. The van der Waals surface area contributed by atoms with Gasteiger partial charge in [-0.05, 0) is 20.8 Å². The minimum atomic E-state index is -0.278. The molecule has 0 aliphatic carbocycles. The summed E-state index contributed by atoms with van der Waals surface area (Å²) in [7, 11) is 0. The summed E-state index contributed by atoms with van der Waals surface area (Å²) in [6.45, 7) is 20.5. The second-order valence-electron chi connectivity index (χ2n) is 2.27. The fourth-order valence-corrected chi connectivity index (χ4v) is 0. The topological polar surface area (TPSA) is 34.7 Å². The second kappa shape index (κ2) is 37.7. The van der Waals surface area contributed by atoms with Crippen LogP contribution in [-0.4, -0.2) is 5.54 Å². The van der Waals surface area contributed by atoms with Crippen LogP contribution < -0.4 is 0 Å². The molecule has 0 spiro atoms. The standard InChI is InChI=1S/C4H9N2.3C2H5.CH3.Ta/c1-4(2,3)6-5;3*1-2;;/h1-3H3;3*1H2,2H3;1H3;/q5*-1;+5. The van der Waals surface area contributed by atoms with Gasteiger partial charge in [0.05, 0.1) is 0 Å². The Bertz CT molecular complexity index is 58.8. The molecule has 0 unspecified atom stereocenters. The van der Waals surface area contributed by atoms with Gasteiger partial charge >= 0.3 is 22.4 Å². The van der Waals surface area contributed by atoms with Crippen molar-refractivity contribution in [2.24, 2.45) is 5.11 Å². The Morgan fingerprint density at radius 3 is 0.929 bits per heavy atom. The van der Waals surface area contributed by atoms with Crippen molar-refractivity contribution in [3.05, 3.63) is 33.7 Å². The zero-order valence-electron chi connectivity index (χ0n) is 11.0. The zero-order chi connectivity index (χ0) is 11.2. The monoisotopic (exact) mass is 368 g/mol. The van der Waals surface area contributed by atoms with Gasteiger partial charge in [-0.2, -0.15) is 20.8 Å². The van der Waals surface area contributed by atoms with E-state index in [1.807, 2.05) is 20.8 Å². The van der Waals surface area contributed by atoms with Crippen LogP contribution in [0.15, 0.2) is 5.11 Å². The third kappa shape index (κ3) is 142. The van der Waals surface area contributed by atoms with Gasteiger partial charge in [-0.25, -0.2) is 0 Å². The van der Waals surface area contributed by atoms with Crippen molar-refractivity contribution in [2.75, 3.05) is 0 Å². The van der Waals surface area contributed by atoms with Crippen molar-refractivity contribution in [1.29, 1.82) is 0 Å². The van der Waals surface area contributed by atoms with Gasteiger partial charge in [0.25, 0.3) is 0 Å². The Morgan fingerprint density at radius 2 is 0.929 bits per heavy atom. The summed E-state index contributed by atoms with van der Waals surface area (Å²) >= 11 is 0. The normalized spacial score (nSPS) is 6.07. The Labute approximate surface area is 108 Å². The van der Waals surface area contributed by atoms with E-state index in [0.717, 1.165) is 0 Å². The first-order valence-electron chi connectivity index (χ1n) is 4.04. The van der Waals surface area contributed by atoms with E-state index in [0.29, 0.717) is 0 Å². The van der Waals surface area contributed by atoms with Crippen LogP contribution >= 0.6 is 0 Å². The second-order valence-corrected chi connectivity index (χ2v) is 2.27. The molecule has 0 aliphatic heterocycles. The number of hydrogen-bond acceptors (Lipinski definition) is 1. The van der Waals surface area contributed by atoms with Crippen LogP contribution in [-0.2, 0) is 22.4 Å². The van der Waals surface area contributed by atoms with E-state index in [2.05, 4.69) is 25.9 Å². The predicted molar refractivity (Wildman–Crippen MR) is 65.0 cm³/mol. The molecule has 0 saturated heterocycles. The van der Waals surface area contributed by atoms with Gasteiger partial charge in [-0.15, -0.1) is 0 Å². The molecule has 14 heavy (non-hydrogen) atoms. The summed E-state index contributed by atoms with van der Waals surface area (Å²) in [5.41, 5.74) is 7.75. The summed E-state index contributed by atoms with van der Waals surface area (Å²) in [6.07, 6.45) is 0. The van der Waals surface area contributed by atoms with Crippen LogP contribution in [0.4, 0.5) is 0 Å². The van der Waals surface area contributed by atoms with E-state index < -0.39 is 0 Å². The average Bonchev–Trinajstić information content (AvgIpc) is 2.14. The van der Waals surface area contributed by atoms with E-state index in [1.165, 1.54) is 0 Å². The first-order chi connectivity index (χ1) is 5.56. The smallest absolute Gasteiger partial charge is 0.711 e. The summed E-state index contributed by atoms with van der Waals surface area (Å²) in [4.78, 5) is 0. The number of nitrogens with zero attached hydrogens (tertiary/aromatic N) is 2. The Hall–Kier alpha value is 0.340. The zero-order valence-corrected chi connectivity index (χ0v) is 14.2. The van der Waals surface area contributed by atoms with Crippen molar-refractivity contribution >= 4 is 0 Å². The first-order valence-corrected chi connectivity index (χ1v) is 4.04. The molecule has 0 heterocycles. The molecule has 0 fully saturated rings. The van der Waals surface area contributed by atoms with E-state index in [4.69, 9.17) is 5.53 Å². The largest absolute Gasteiger partial charge is 5.00 e. The minimum Gasteiger partial charge on any atom is -0.711 e. The molecule has 0 atom stereocenters. The van der Waals surface area contributed by atoms with Crippen LogP contribution in [0, 0.1) is 28.2 Å². The van der Waals surface area contributed by atoms with Gasteiger partial charge in [0.15, 0.2) is 0 Å². The fraction of sp³-hybridized carbons (Fsp3) is 0.636. The summed E-state index contributed by atoms with van der Waals surface area (Å²) in [5, 5.41) is 3.02. The molecule has 0 aromatic rings. The molecule has 0 saturated carbocycles. The third-order valence-electron chi connectivity index (χ3n) is 0.300. The van der Waals surface area contributed by atoms with Crippen LogP contribution in [0.3, 0.4) is 0 Å². The van der Waals surface area contributed by atoms with E-state index >= 15 is 0 Å². The van der Waals surface area contributed by atoms with Crippen molar-refractivity contribution in [2.45, 2.75) is 47.1 Å². The number of rotatable bonds is 0. The Kier molecular flexibility index (Phi) is 98.8. The van der Waals surface area contributed by atoms with Gasteiger partial charge in [0.1, 0.15) is 0 Å². The molecule has 86 valence electrons. The van der Waals surface area contributed by atoms with Crippen molar-refractivity contribution in [3.8, 4) is 0 Å². The summed E-state index contributed by atoms with van der Waals surface area (Å²) in [6, 6.07) is 0. The molecular formula is C11H27N2Ta. The molecule has 3 heteroatoms. The van der Waals surface area contributed by atoms with Gasteiger partial charge in [-0.3, -0.25) is 0 Å². The fourth-order valence-electron chi connectivity index (χ4n) is 0. The van der Waals surface area contributed by atoms with Crippen LogP contribution in [0.1, 0.15) is 41.5 Å². The average molecular weight is 368 g/mol. The molecule has 0 bridgehead atoms. The molecule has 0 N–H and O–H groups in total. The van der Waals surface area contributed by atoms with Crippen LogP contribution in [0.2, 0.25) is 0 Å². The first kappa shape index (κ1) is 36.7. The van der Waals surface area contributed by atoms with E-state index in [9.17, 15) is 0 Å². The van der Waals surface area contributed by atoms with Crippen molar-refractivity contribution in [1.82, 2.24) is 0 Å². The quantitative estimate of drug-likeness (QED) is 0.436. The SMILES string of the molecule is CC(C)(C)N=[N-].[CH2-]C.[CH2-]C.[CH2-]C.[CH3-].[Ta+5]. The summed E-state index contributed by atoms with van der Waals surface area (Å²) < 4.78 is 0. The molecule has 0 aromatic carbocycles. The maximum absolute atomic E-state index is 8.03. The molecule has 0 rings (SSSR count). The predicted octanol–water partition coefficient (Wildman–Crippen LogP) is 4.78. The van der Waals surface area contributed by atoms with E-state index in [-0.39, 0.29) is 35.3 Å². The molecular weight excluding hydrogens is 341 g/mol. The Balaban J connectivity index is -0.0000000175. The van der Waals surface area contributed by atoms with Gasteiger partial charge < -0.3 is 38.8 Å². The van der Waals surface area contributed by atoms with Gasteiger partial charge in [-0.1, -0.05) is 0 Å². The third-order valence-corrected chi connectivity index (χ3v) is 0.300. The molecule has 0 aliphatic rings. The molecule has 0 amide bonds. The maximum Gasteiger partial charge on any atom is 5.00 e. The maximum atomic E-state index is 8.03. The van der Waals surface area contributed by atoms with E-state index in [1.54, 1.807) is 20.8 Å². The van der Waals surface area contributed by atoms with Crippen LogP contribution in [0.25, 0.3) is 5.53 Å². The van der Waals surface area contributed by atoms with Crippen molar-refractivity contribution in [3.63, 3.8) is 0 Å². The molecule has 0 radical (unpaired) electrons.